The molecule has 2 rings (SSSR count). The smallest absolute Gasteiger partial charge is 0.272 e. The van der Waals surface area contributed by atoms with E-state index >= 15 is 0 Å². The van der Waals surface area contributed by atoms with Crippen molar-refractivity contribution in [3.63, 3.8) is 0 Å². The molecule has 6 nitrogen and oxygen atoms in total. The number of halogens is 1. The van der Waals surface area contributed by atoms with Gasteiger partial charge in [-0.3, -0.25) is 14.9 Å². The Bertz CT molecular complexity index is 557. The van der Waals surface area contributed by atoms with Gasteiger partial charge in [0.1, 0.15) is 0 Å². The molecule has 0 spiro atoms. The summed E-state index contributed by atoms with van der Waals surface area (Å²) in [6.07, 6.45) is 2.20. The van der Waals surface area contributed by atoms with Crippen LogP contribution in [0.5, 0.6) is 0 Å². The van der Waals surface area contributed by atoms with Crippen molar-refractivity contribution in [3.8, 4) is 0 Å². The van der Waals surface area contributed by atoms with E-state index in [9.17, 15) is 14.9 Å². The Morgan fingerprint density at radius 3 is 2.77 bits per heavy atom. The molecule has 1 aromatic carbocycles. The zero-order valence-electron chi connectivity index (χ0n) is 12.8. The van der Waals surface area contributed by atoms with Crippen LogP contribution in [-0.2, 0) is 0 Å². The number of hydrogen-bond donors (Lipinski definition) is 2. The Morgan fingerprint density at radius 1 is 1.50 bits per heavy atom. The zero-order valence-corrected chi connectivity index (χ0v) is 13.7. The highest BCUT2D eigenvalue weighted by atomic mass is 35.5. The number of nitro benzene ring substituents is 1. The Labute approximate surface area is 136 Å². The molecule has 1 fully saturated rings. The van der Waals surface area contributed by atoms with E-state index in [1.165, 1.54) is 12.1 Å². The van der Waals surface area contributed by atoms with E-state index in [4.69, 9.17) is 0 Å². The number of hydrogen-bond acceptors (Lipinski definition) is 4. The van der Waals surface area contributed by atoms with Gasteiger partial charge in [0.05, 0.1) is 4.92 Å². The maximum Gasteiger partial charge on any atom is 0.272 e. The number of nitrogens with zero attached hydrogens (tertiary/aromatic N) is 1. The number of carbonyl (C=O) groups excluding carboxylic acids is 1. The normalized spacial score (nSPS) is 20.8. The second kappa shape index (κ2) is 7.56. The van der Waals surface area contributed by atoms with E-state index in [1.54, 1.807) is 13.0 Å². The van der Waals surface area contributed by atoms with Crippen molar-refractivity contribution in [2.75, 3.05) is 19.6 Å². The third-order valence-corrected chi connectivity index (χ3v) is 4.02. The van der Waals surface area contributed by atoms with Crippen LogP contribution in [-0.4, -0.2) is 30.5 Å². The minimum atomic E-state index is -0.439. The van der Waals surface area contributed by atoms with Gasteiger partial charge in [-0.15, -0.1) is 12.4 Å². The molecule has 1 heterocycles. The largest absolute Gasteiger partial charge is 0.351 e. The first-order valence-corrected chi connectivity index (χ1v) is 7.15. The molecule has 0 aliphatic carbocycles. The average Bonchev–Trinajstić information content (AvgIpc) is 2.45. The molecule has 1 aliphatic rings. The molecule has 1 amide bonds. The summed E-state index contributed by atoms with van der Waals surface area (Å²) >= 11 is 0. The summed E-state index contributed by atoms with van der Waals surface area (Å²) < 4.78 is 0. The van der Waals surface area contributed by atoms with Crippen molar-refractivity contribution in [1.29, 1.82) is 0 Å². The monoisotopic (exact) mass is 327 g/mol. The fraction of sp³-hybridized carbons (Fsp3) is 0.533. The average molecular weight is 328 g/mol. The van der Waals surface area contributed by atoms with E-state index in [1.807, 2.05) is 0 Å². The molecular formula is C15H22ClN3O3. The minimum absolute atomic E-state index is 0. The van der Waals surface area contributed by atoms with Crippen molar-refractivity contribution >= 4 is 24.0 Å². The highest BCUT2D eigenvalue weighted by Crippen LogP contribution is 2.24. The lowest BCUT2D eigenvalue weighted by atomic mass is 9.83. The van der Waals surface area contributed by atoms with E-state index in [2.05, 4.69) is 17.6 Å². The first-order chi connectivity index (χ1) is 9.91. The fourth-order valence-corrected chi connectivity index (χ4v) is 2.67. The maximum absolute atomic E-state index is 12.2. The lowest BCUT2D eigenvalue weighted by Gasteiger charge is -2.34. The van der Waals surface area contributed by atoms with Crippen LogP contribution in [0.1, 0.15) is 35.7 Å². The number of aryl methyl sites for hydroxylation is 1. The van der Waals surface area contributed by atoms with Gasteiger partial charge in [0.25, 0.3) is 11.6 Å². The van der Waals surface area contributed by atoms with Gasteiger partial charge in [0.15, 0.2) is 0 Å². The number of benzene rings is 1. The number of amides is 1. The topological polar surface area (TPSA) is 84.3 Å². The van der Waals surface area contributed by atoms with Crippen LogP contribution < -0.4 is 10.6 Å². The van der Waals surface area contributed by atoms with Crippen molar-refractivity contribution in [2.45, 2.75) is 26.7 Å². The van der Waals surface area contributed by atoms with Crippen molar-refractivity contribution in [3.05, 3.63) is 39.4 Å². The fourth-order valence-electron chi connectivity index (χ4n) is 2.67. The first kappa shape index (κ1) is 18.4. The highest BCUT2D eigenvalue weighted by molar-refractivity contribution is 5.94. The number of piperidine rings is 1. The lowest BCUT2D eigenvalue weighted by molar-refractivity contribution is -0.385. The summed E-state index contributed by atoms with van der Waals surface area (Å²) in [5, 5.41) is 17.1. The quantitative estimate of drug-likeness (QED) is 0.657. The van der Waals surface area contributed by atoms with E-state index in [-0.39, 0.29) is 29.4 Å². The SMILES string of the molecule is Cc1cc(C(=O)NCC2(C)CCCNC2)ccc1[N+](=O)[O-].Cl. The third-order valence-electron chi connectivity index (χ3n) is 4.02. The molecule has 22 heavy (non-hydrogen) atoms. The van der Waals surface area contributed by atoms with Crippen LogP contribution in [0.25, 0.3) is 0 Å². The number of carbonyl (C=O) groups is 1. The third kappa shape index (κ3) is 4.42. The standard InChI is InChI=1S/C15H21N3O3.ClH/c1-11-8-12(4-5-13(11)18(20)21)14(19)17-10-15(2)6-3-7-16-9-15;/h4-5,8,16H,3,6-7,9-10H2,1-2H3,(H,17,19);1H. The molecule has 7 heteroatoms. The second-order valence-electron chi connectivity index (χ2n) is 6.03. The molecule has 2 N–H and O–H groups in total. The van der Waals surface area contributed by atoms with E-state index < -0.39 is 4.92 Å². The van der Waals surface area contributed by atoms with Crippen LogP contribution in [0.4, 0.5) is 5.69 Å². The van der Waals surface area contributed by atoms with Gasteiger partial charge >= 0.3 is 0 Å². The summed E-state index contributed by atoms with van der Waals surface area (Å²) in [6, 6.07) is 4.45. The molecule has 1 aliphatic heterocycles. The van der Waals surface area contributed by atoms with Gasteiger partial charge in [0, 0.05) is 30.3 Å². The Morgan fingerprint density at radius 2 is 2.23 bits per heavy atom. The predicted octanol–water partition coefficient (Wildman–Crippen LogP) is 2.44. The molecule has 0 radical (unpaired) electrons. The van der Waals surface area contributed by atoms with E-state index in [0.29, 0.717) is 17.7 Å². The molecule has 0 saturated carbocycles. The van der Waals surface area contributed by atoms with Gasteiger partial charge in [-0.05, 0) is 43.9 Å². The Hall–Kier alpha value is -1.66. The van der Waals surface area contributed by atoms with Crippen molar-refractivity contribution in [1.82, 2.24) is 10.6 Å². The predicted molar refractivity (Wildman–Crippen MR) is 87.6 cm³/mol. The minimum Gasteiger partial charge on any atom is -0.351 e. The van der Waals surface area contributed by atoms with Crippen molar-refractivity contribution in [2.24, 2.45) is 5.41 Å². The van der Waals surface area contributed by atoms with Crippen LogP contribution in [0, 0.1) is 22.5 Å². The van der Waals surface area contributed by atoms with Gasteiger partial charge in [-0.2, -0.15) is 0 Å². The molecule has 0 aromatic heterocycles. The molecule has 122 valence electrons. The lowest BCUT2D eigenvalue weighted by Crippen LogP contribution is -2.45. The van der Waals surface area contributed by atoms with Crippen LogP contribution in [0.3, 0.4) is 0 Å². The Kier molecular flexibility index (Phi) is 6.32. The molecule has 1 aromatic rings. The van der Waals surface area contributed by atoms with Gasteiger partial charge < -0.3 is 10.6 Å². The van der Waals surface area contributed by atoms with Crippen LogP contribution in [0.2, 0.25) is 0 Å². The zero-order chi connectivity index (χ0) is 15.5. The summed E-state index contributed by atoms with van der Waals surface area (Å²) in [5.74, 6) is -0.181. The van der Waals surface area contributed by atoms with Crippen molar-refractivity contribution < 1.29 is 9.72 Å². The van der Waals surface area contributed by atoms with E-state index in [0.717, 1.165) is 25.9 Å². The molecular weight excluding hydrogens is 306 g/mol. The number of nitro groups is 1. The van der Waals surface area contributed by atoms with Gasteiger partial charge in [-0.1, -0.05) is 6.92 Å². The molecule has 1 atom stereocenters. The second-order valence-corrected chi connectivity index (χ2v) is 6.03. The number of rotatable bonds is 4. The summed E-state index contributed by atoms with van der Waals surface area (Å²) in [4.78, 5) is 22.5. The summed E-state index contributed by atoms with van der Waals surface area (Å²) in [7, 11) is 0. The van der Waals surface area contributed by atoms with Crippen LogP contribution in [0.15, 0.2) is 18.2 Å². The van der Waals surface area contributed by atoms with Gasteiger partial charge in [0.2, 0.25) is 0 Å². The highest BCUT2D eigenvalue weighted by Gasteiger charge is 2.27. The first-order valence-electron chi connectivity index (χ1n) is 7.15. The summed E-state index contributed by atoms with van der Waals surface area (Å²) in [6.45, 7) is 6.33. The molecule has 1 unspecified atom stereocenters. The molecule has 1 saturated heterocycles. The van der Waals surface area contributed by atoms with Gasteiger partial charge in [-0.25, -0.2) is 0 Å². The number of nitrogens with one attached hydrogen (secondary N) is 2. The Balaban J connectivity index is 0.00000242. The summed E-state index contributed by atoms with van der Waals surface area (Å²) in [5.41, 5.74) is 1.07. The molecule has 0 bridgehead atoms. The maximum atomic E-state index is 12.2. The van der Waals surface area contributed by atoms with Crippen LogP contribution >= 0.6 is 12.4 Å².